The van der Waals surface area contributed by atoms with Crippen molar-refractivity contribution in [3.05, 3.63) is 28.2 Å². The highest BCUT2D eigenvalue weighted by atomic mass is 35.5. The molecule has 6 heteroatoms. The van der Waals surface area contributed by atoms with E-state index < -0.39 is 0 Å². The topological polar surface area (TPSA) is 44.7 Å². The molecule has 0 spiro atoms. The molecule has 2 rings (SSSR count). The maximum atomic E-state index is 11.6. The van der Waals surface area contributed by atoms with Crippen molar-refractivity contribution in [2.24, 2.45) is 5.10 Å². The van der Waals surface area contributed by atoms with Gasteiger partial charge < -0.3 is 5.32 Å². The average Bonchev–Trinajstić information content (AvgIpc) is 2.20. The van der Waals surface area contributed by atoms with Crippen LogP contribution in [0.1, 0.15) is 6.92 Å². The van der Waals surface area contributed by atoms with Gasteiger partial charge in [0.15, 0.2) is 0 Å². The molecule has 0 unspecified atom stereocenters. The maximum absolute atomic E-state index is 11.6. The molecule has 0 bridgehead atoms. The van der Waals surface area contributed by atoms with E-state index in [0.29, 0.717) is 22.3 Å². The number of nitrogens with one attached hydrogen (secondary N) is 1. The number of carbonyl (C=O) groups is 1. The van der Waals surface area contributed by atoms with Gasteiger partial charge in [0.05, 0.1) is 17.9 Å². The van der Waals surface area contributed by atoms with E-state index in [1.165, 1.54) is 5.01 Å². The summed E-state index contributed by atoms with van der Waals surface area (Å²) in [4.78, 5) is 11.6. The van der Waals surface area contributed by atoms with Crippen molar-refractivity contribution < 1.29 is 4.79 Å². The Hall–Kier alpha value is -1.26. The Labute approximate surface area is 103 Å². The number of rotatable bonds is 1. The van der Waals surface area contributed by atoms with Crippen LogP contribution in [0.2, 0.25) is 10.0 Å². The van der Waals surface area contributed by atoms with E-state index in [4.69, 9.17) is 23.2 Å². The molecular weight excluding hydrogens is 249 g/mol. The highest BCUT2D eigenvalue weighted by molar-refractivity contribution is 6.35. The second-order valence-electron chi connectivity index (χ2n) is 3.43. The van der Waals surface area contributed by atoms with Crippen molar-refractivity contribution in [2.75, 3.05) is 11.6 Å². The van der Waals surface area contributed by atoms with Gasteiger partial charge in [0.25, 0.3) is 0 Å². The van der Waals surface area contributed by atoms with Gasteiger partial charge >= 0.3 is 6.03 Å². The quantitative estimate of drug-likeness (QED) is 0.826. The lowest BCUT2D eigenvalue weighted by molar-refractivity contribution is 0.246. The smallest absolute Gasteiger partial charge is 0.331 e. The number of amides is 2. The van der Waals surface area contributed by atoms with E-state index in [0.717, 1.165) is 5.71 Å². The molecule has 0 saturated carbocycles. The average molecular weight is 258 g/mol. The number of hydrogen-bond acceptors (Lipinski definition) is 2. The minimum Gasteiger partial charge on any atom is -0.331 e. The second-order valence-corrected chi connectivity index (χ2v) is 4.31. The highest BCUT2D eigenvalue weighted by Crippen LogP contribution is 2.26. The number of anilines is 1. The summed E-state index contributed by atoms with van der Waals surface area (Å²) in [5.74, 6) is 0. The van der Waals surface area contributed by atoms with Crippen LogP contribution < -0.4 is 10.3 Å². The monoisotopic (exact) mass is 257 g/mol. The minimum atomic E-state index is -0.288. The van der Waals surface area contributed by atoms with E-state index in [1.54, 1.807) is 18.2 Å². The highest BCUT2D eigenvalue weighted by Gasteiger charge is 2.20. The molecule has 2 amide bonds. The number of halogens is 2. The Bertz CT molecular complexity index is 453. The van der Waals surface area contributed by atoms with Crippen LogP contribution in [0.25, 0.3) is 0 Å². The number of carbonyl (C=O) groups excluding carboxylic acids is 1. The van der Waals surface area contributed by atoms with Gasteiger partial charge in [0.2, 0.25) is 0 Å². The fraction of sp³-hybridized carbons (Fsp3) is 0.200. The molecule has 16 heavy (non-hydrogen) atoms. The Balaban J connectivity index is 2.42. The van der Waals surface area contributed by atoms with Crippen LogP contribution in [0.15, 0.2) is 23.3 Å². The number of nitrogens with zero attached hydrogens (tertiary/aromatic N) is 2. The summed E-state index contributed by atoms with van der Waals surface area (Å²) < 4.78 is 0. The lowest BCUT2D eigenvalue weighted by atomic mass is 10.3. The third-order valence-electron chi connectivity index (χ3n) is 2.05. The van der Waals surface area contributed by atoms with Gasteiger partial charge in [0.1, 0.15) is 0 Å². The van der Waals surface area contributed by atoms with Gasteiger partial charge in [0, 0.05) is 10.0 Å². The van der Waals surface area contributed by atoms with E-state index in [1.807, 2.05) is 6.92 Å². The van der Waals surface area contributed by atoms with Crippen molar-refractivity contribution in [3.8, 4) is 0 Å². The molecule has 1 aromatic rings. The number of benzene rings is 1. The predicted octanol–water partition coefficient (Wildman–Crippen LogP) is 2.90. The van der Waals surface area contributed by atoms with Crippen LogP contribution >= 0.6 is 23.2 Å². The molecule has 0 atom stereocenters. The maximum Gasteiger partial charge on any atom is 0.342 e. The second kappa shape index (κ2) is 4.31. The van der Waals surface area contributed by atoms with Gasteiger partial charge in [-0.25, -0.2) is 4.79 Å². The Kier molecular flexibility index (Phi) is 3.03. The molecule has 1 aliphatic rings. The molecule has 1 N–H and O–H groups in total. The lowest BCUT2D eigenvalue weighted by Gasteiger charge is -2.23. The number of urea groups is 1. The molecule has 84 valence electrons. The molecule has 0 aromatic heterocycles. The molecule has 1 heterocycles. The van der Waals surface area contributed by atoms with Crippen molar-refractivity contribution in [1.29, 1.82) is 0 Å². The third kappa shape index (κ3) is 2.28. The predicted molar refractivity (Wildman–Crippen MR) is 65.4 cm³/mol. The SMILES string of the molecule is CC1=NN(c2cc(Cl)cc(Cl)c2)C(=O)NC1. The zero-order chi connectivity index (χ0) is 11.7. The fourth-order valence-corrected chi connectivity index (χ4v) is 1.88. The summed E-state index contributed by atoms with van der Waals surface area (Å²) in [6.07, 6.45) is 0. The van der Waals surface area contributed by atoms with Crippen molar-refractivity contribution in [1.82, 2.24) is 5.32 Å². The molecule has 1 aliphatic heterocycles. The van der Waals surface area contributed by atoms with Gasteiger partial charge in [-0.15, -0.1) is 0 Å². The third-order valence-corrected chi connectivity index (χ3v) is 2.49. The van der Waals surface area contributed by atoms with Gasteiger partial charge in [-0.3, -0.25) is 0 Å². The van der Waals surface area contributed by atoms with Crippen LogP contribution in [0, 0.1) is 0 Å². The Morgan fingerprint density at radius 2 is 1.94 bits per heavy atom. The molecule has 0 fully saturated rings. The summed E-state index contributed by atoms with van der Waals surface area (Å²) in [6.45, 7) is 2.29. The summed E-state index contributed by atoms with van der Waals surface area (Å²) in [5, 5.41) is 9.01. The zero-order valence-corrected chi connectivity index (χ0v) is 10.0. The van der Waals surface area contributed by atoms with Crippen molar-refractivity contribution in [3.63, 3.8) is 0 Å². The fourth-order valence-electron chi connectivity index (χ4n) is 1.37. The molecule has 0 radical (unpaired) electrons. The van der Waals surface area contributed by atoms with E-state index in [-0.39, 0.29) is 6.03 Å². The first-order valence-electron chi connectivity index (χ1n) is 4.64. The van der Waals surface area contributed by atoms with Gasteiger partial charge in [-0.05, 0) is 25.1 Å². The van der Waals surface area contributed by atoms with Crippen LogP contribution in [0.4, 0.5) is 10.5 Å². The van der Waals surface area contributed by atoms with Crippen LogP contribution in [-0.2, 0) is 0 Å². The van der Waals surface area contributed by atoms with Gasteiger partial charge in [-0.1, -0.05) is 23.2 Å². The van der Waals surface area contributed by atoms with Crippen LogP contribution in [0.5, 0.6) is 0 Å². The Morgan fingerprint density at radius 1 is 1.31 bits per heavy atom. The normalized spacial score (nSPS) is 15.8. The van der Waals surface area contributed by atoms with Crippen LogP contribution in [0.3, 0.4) is 0 Å². The molecule has 1 aromatic carbocycles. The standard InChI is InChI=1S/C10H9Cl2N3O/c1-6-5-13-10(16)15(14-6)9-3-7(11)2-8(12)4-9/h2-4H,5H2,1H3,(H,13,16). The van der Waals surface area contributed by atoms with Gasteiger partial charge in [-0.2, -0.15) is 10.1 Å². The first-order valence-corrected chi connectivity index (χ1v) is 5.40. The first-order chi connectivity index (χ1) is 7.56. The molecular formula is C10H9Cl2N3O. The first kappa shape index (κ1) is 11.2. The number of hydrazone groups is 1. The van der Waals surface area contributed by atoms with E-state index in [9.17, 15) is 4.79 Å². The molecule has 0 saturated heterocycles. The summed E-state index contributed by atoms with van der Waals surface area (Å²) in [7, 11) is 0. The van der Waals surface area contributed by atoms with E-state index in [2.05, 4.69) is 10.4 Å². The number of hydrogen-bond donors (Lipinski definition) is 1. The largest absolute Gasteiger partial charge is 0.342 e. The minimum absolute atomic E-state index is 0.288. The molecule has 4 nitrogen and oxygen atoms in total. The summed E-state index contributed by atoms with van der Waals surface area (Å²) >= 11 is 11.7. The lowest BCUT2D eigenvalue weighted by Crippen LogP contribution is -2.44. The van der Waals surface area contributed by atoms with Crippen molar-refractivity contribution >= 4 is 40.6 Å². The summed E-state index contributed by atoms with van der Waals surface area (Å²) in [6, 6.07) is 4.58. The Morgan fingerprint density at radius 3 is 2.56 bits per heavy atom. The molecule has 0 aliphatic carbocycles. The summed E-state index contributed by atoms with van der Waals surface area (Å²) in [5.41, 5.74) is 1.37. The van der Waals surface area contributed by atoms with Crippen LogP contribution in [-0.4, -0.2) is 18.3 Å². The van der Waals surface area contributed by atoms with Crippen molar-refractivity contribution in [2.45, 2.75) is 6.92 Å². The zero-order valence-electron chi connectivity index (χ0n) is 8.50. The van der Waals surface area contributed by atoms with E-state index >= 15 is 0 Å².